The van der Waals surface area contributed by atoms with Crippen molar-refractivity contribution >= 4 is 0 Å². The van der Waals surface area contributed by atoms with Crippen molar-refractivity contribution in [3.05, 3.63) is 12.2 Å². The minimum atomic E-state index is 0.182. The predicted molar refractivity (Wildman–Crippen MR) is 72.5 cm³/mol. The van der Waals surface area contributed by atoms with Gasteiger partial charge in [-0.1, -0.05) is 20.8 Å². The summed E-state index contributed by atoms with van der Waals surface area (Å²) in [6.45, 7) is 7.42. The summed E-state index contributed by atoms with van der Waals surface area (Å²) in [5, 5.41) is 7.60. The normalized spacial score (nSPS) is 15.0. The standard InChI is InChI=1S/C13H26N4O/c1-6-7-17-12(15-9-16-17)8-11(14-4)13(18-5)10(2)3/h9-11,13-14H,6-8H2,1-5H3. The fraction of sp³-hybridized carbons (Fsp3) is 0.846. The molecule has 0 radical (unpaired) electrons. The molecule has 2 unspecified atom stereocenters. The molecule has 5 nitrogen and oxygen atoms in total. The predicted octanol–water partition coefficient (Wildman–Crippen LogP) is 1.49. The summed E-state index contributed by atoms with van der Waals surface area (Å²) in [4.78, 5) is 4.35. The first kappa shape index (κ1) is 15.1. The number of hydrogen-bond donors (Lipinski definition) is 1. The molecule has 0 aliphatic heterocycles. The Balaban J connectivity index is 2.75. The van der Waals surface area contributed by atoms with Crippen LogP contribution in [0.2, 0.25) is 0 Å². The van der Waals surface area contributed by atoms with E-state index in [0.29, 0.717) is 5.92 Å². The van der Waals surface area contributed by atoms with Crippen LogP contribution in [-0.2, 0) is 17.7 Å². The topological polar surface area (TPSA) is 52.0 Å². The van der Waals surface area contributed by atoms with Gasteiger partial charge in [-0.05, 0) is 19.4 Å². The first-order valence-corrected chi connectivity index (χ1v) is 6.70. The summed E-state index contributed by atoms with van der Waals surface area (Å²) in [6, 6.07) is 0.259. The second-order valence-corrected chi connectivity index (χ2v) is 4.94. The maximum atomic E-state index is 5.59. The Morgan fingerprint density at radius 1 is 1.44 bits per heavy atom. The van der Waals surface area contributed by atoms with E-state index in [4.69, 9.17) is 4.74 Å². The minimum Gasteiger partial charge on any atom is -0.380 e. The zero-order valence-electron chi connectivity index (χ0n) is 12.2. The largest absolute Gasteiger partial charge is 0.380 e. The second-order valence-electron chi connectivity index (χ2n) is 4.94. The van der Waals surface area contributed by atoms with Crippen molar-refractivity contribution in [1.82, 2.24) is 20.1 Å². The molecule has 0 aromatic carbocycles. The van der Waals surface area contributed by atoms with Crippen LogP contribution in [0.4, 0.5) is 0 Å². The van der Waals surface area contributed by atoms with E-state index in [0.717, 1.165) is 25.2 Å². The van der Waals surface area contributed by atoms with Crippen LogP contribution in [-0.4, -0.2) is 41.1 Å². The second kappa shape index (κ2) is 7.48. The molecule has 1 aromatic heterocycles. The Hall–Kier alpha value is -0.940. The summed E-state index contributed by atoms with van der Waals surface area (Å²) in [7, 11) is 3.74. The lowest BCUT2D eigenvalue weighted by Gasteiger charge is -2.28. The van der Waals surface area contributed by atoms with Crippen LogP contribution < -0.4 is 5.32 Å². The van der Waals surface area contributed by atoms with Crippen LogP contribution in [0.25, 0.3) is 0 Å². The lowest BCUT2D eigenvalue weighted by Crippen LogP contribution is -2.44. The SMILES string of the molecule is CCCn1ncnc1CC(NC)C(OC)C(C)C. The number of ether oxygens (including phenoxy) is 1. The highest BCUT2D eigenvalue weighted by Crippen LogP contribution is 2.14. The summed E-state index contributed by atoms with van der Waals surface area (Å²) >= 11 is 0. The van der Waals surface area contributed by atoms with Crippen LogP contribution in [0.1, 0.15) is 33.0 Å². The van der Waals surface area contributed by atoms with Crippen LogP contribution in [0.3, 0.4) is 0 Å². The number of nitrogens with one attached hydrogen (secondary N) is 1. The van der Waals surface area contributed by atoms with Crippen molar-refractivity contribution in [3.8, 4) is 0 Å². The molecule has 18 heavy (non-hydrogen) atoms. The third-order valence-electron chi connectivity index (χ3n) is 3.23. The monoisotopic (exact) mass is 254 g/mol. The Morgan fingerprint density at radius 3 is 2.67 bits per heavy atom. The van der Waals surface area contributed by atoms with Gasteiger partial charge in [-0.25, -0.2) is 4.98 Å². The van der Waals surface area contributed by atoms with Gasteiger partial charge in [0.1, 0.15) is 12.2 Å². The average molecular weight is 254 g/mol. The first-order valence-electron chi connectivity index (χ1n) is 6.70. The molecule has 1 N–H and O–H groups in total. The fourth-order valence-electron chi connectivity index (χ4n) is 2.32. The van der Waals surface area contributed by atoms with Crippen molar-refractivity contribution in [1.29, 1.82) is 0 Å². The highest BCUT2D eigenvalue weighted by atomic mass is 16.5. The van der Waals surface area contributed by atoms with Crippen molar-refractivity contribution in [3.63, 3.8) is 0 Å². The van der Waals surface area contributed by atoms with E-state index in [9.17, 15) is 0 Å². The number of likely N-dealkylation sites (N-methyl/N-ethyl adjacent to an activating group) is 1. The molecule has 0 bridgehead atoms. The molecular formula is C13H26N4O. The van der Waals surface area contributed by atoms with Gasteiger partial charge in [0.15, 0.2) is 0 Å². The Kier molecular flexibility index (Phi) is 6.29. The van der Waals surface area contributed by atoms with E-state index in [2.05, 4.69) is 36.2 Å². The number of methoxy groups -OCH3 is 1. The minimum absolute atomic E-state index is 0.182. The number of hydrogen-bond acceptors (Lipinski definition) is 4. The molecule has 0 saturated carbocycles. The highest BCUT2D eigenvalue weighted by Gasteiger charge is 2.24. The molecule has 1 heterocycles. The van der Waals surface area contributed by atoms with Crippen molar-refractivity contribution in [2.24, 2.45) is 5.92 Å². The first-order chi connectivity index (χ1) is 8.63. The molecule has 0 fully saturated rings. The Morgan fingerprint density at radius 2 is 2.17 bits per heavy atom. The van der Waals surface area contributed by atoms with Crippen molar-refractivity contribution in [2.45, 2.75) is 52.3 Å². The molecular weight excluding hydrogens is 228 g/mol. The number of nitrogens with zero attached hydrogens (tertiary/aromatic N) is 3. The zero-order valence-corrected chi connectivity index (χ0v) is 12.2. The van der Waals surface area contributed by atoms with Gasteiger partial charge in [-0.15, -0.1) is 0 Å². The number of aryl methyl sites for hydroxylation is 1. The van der Waals surface area contributed by atoms with Gasteiger partial charge in [0.05, 0.1) is 6.10 Å². The molecule has 0 spiro atoms. The van der Waals surface area contributed by atoms with Gasteiger partial charge < -0.3 is 10.1 Å². The van der Waals surface area contributed by atoms with Crippen LogP contribution in [0, 0.1) is 5.92 Å². The lowest BCUT2D eigenvalue weighted by molar-refractivity contribution is 0.0346. The third-order valence-corrected chi connectivity index (χ3v) is 3.23. The summed E-state index contributed by atoms with van der Waals surface area (Å²) < 4.78 is 7.58. The third kappa shape index (κ3) is 3.78. The van der Waals surface area contributed by atoms with E-state index < -0.39 is 0 Å². The number of rotatable bonds is 8. The summed E-state index contributed by atoms with van der Waals surface area (Å²) in [6.07, 6.45) is 3.72. The van der Waals surface area contributed by atoms with Crippen LogP contribution >= 0.6 is 0 Å². The van der Waals surface area contributed by atoms with E-state index in [-0.39, 0.29) is 12.1 Å². The maximum absolute atomic E-state index is 5.59. The molecule has 0 saturated heterocycles. The molecule has 0 amide bonds. The van der Waals surface area contributed by atoms with Gasteiger partial charge in [0.25, 0.3) is 0 Å². The van der Waals surface area contributed by atoms with Gasteiger partial charge in [0.2, 0.25) is 0 Å². The maximum Gasteiger partial charge on any atom is 0.138 e. The molecule has 0 aliphatic rings. The van der Waals surface area contributed by atoms with Crippen LogP contribution in [0.15, 0.2) is 6.33 Å². The number of aromatic nitrogens is 3. The summed E-state index contributed by atoms with van der Waals surface area (Å²) in [5.74, 6) is 1.49. The van der Waals surface area contributed by atoms with Gasteiger partial charge in [-0.3, -0.25) is 4.68 Å². The van der Waals surface area contributed by atoms with Crippen molar-refractivity contribution < 1.29 is 4.74 Å². The van der Waals surface area contributed by atoms with Gasteiger partial charge in [-0.2, -0.15) is 5.10 Å². The summed E-state index contributed by atoms with van der Waals surface area (Å²) in [5.41, 5.74) is 0. The highest BCUT2D eigenvalue weighted by molar-refractivity contribution is 4.93. The zero-order chi connectivity index (χ0) is 13.5. The molecule has 1 aromatic rings. The van der Waals surface area contributed by atoms with Gasteiger partial charge in [0, 0.05) is 26.1 Å². The average Bonchev–Trinajstić information content (AvgIpc) is 2.76. The quantitative estimate of drug-likeness (QED) is 0.763. The van der Waals surface area contributed by atoms with E-state index in [1.54, 1.807) is 13.4 Å². The molecule has 1 rings (SSSR count). The Bertz CT molecular complexity index is 337. The van der Waals surface area contributed by atoms with Gasteiger partial charge >= 0.3 is 0 Å². The fourth-order valence-corrected chi connectivity index (χ4v) is 2.32. The van der Waals surface area contributed by atoms with E-state index in [1.807, 2.05) is 11.7 Å². The molecule has 2 atom stereocenters. The Labute approximate surface area is 110 Å². The van der Waals surface area contributed by atoms with Crippen LogP contribution in [0.5, 0.6) is 0 Å². The molecule has 104 valence electrons. The molecule has 5 heteroatoms. The lowest BCUT2D eigenvalue weighted by atomic mass is 9.97. The van der Waals surface area contributed by atoms with Crippen molar-refractivity contribution in [2.75, 3.05) is 14.2 Å². The van der Waals surface area contributed by atoms with E-state index >= 15 is 0 Å². The van der Waals surface area contributed by atoms with E-state index in [1.165, 1.54) is 0 Å². The molecule has 0 aliphatic carbocycles. The smallest absolute Gasteiger partial charge is 0.138 e.